The maximum Gasteiger partial charge on any atom is 0.0236 e. The molecule has 0 fully saturated rings. The highest BCUT2D eigenvalue weighted by atomic mass is 79.9. The Labute approximate surface area is 101 Å². The van der Waals surface area contributed by atoms with Crippen molar-refractivity contribution in [2.45, 2.75) is 19.9 Å². The van der Waals surface area contributed by atoms with Gasteiger partial charge in [0.1, 0.15) is 0 Å². The summed E-state index contributed by atoms with van der Waals surface area (Å²) in [5.74, 6) is 0.746. The van der Waals surface area contributed by atoms with Crippen LogP contribution < -0.4 is 0 Å². The lowest BCUT2D eigenvalue weighted by molar-refractivity contribution is 0.228. The molecule has 0 aliphatic carbocycles. The molecule has 1 aliphatic heterocycles. The number of halogens is 1. The minimum Gasteiger partial charge on any atom is -0.298 e. The summed E-state index contributed by atoms with van der Waals surface area (Å²) in [5, 5.41) is 1.10. The van der Waals surface area contributed by atoms with Gasteiger partial charge in [0.25, 0.3) is 0 Å². The highest BCUT2D eigenvalue weighted by Gasteiger charge is 2.16. The summed E-state index contributed by atoms with van der Waals surface area (Å²) < 4.78 is 0. The third kappa shape index (κ3) is 2.82. The molecule has 0 spiro atoms. The summed E-state index contributed by atoms with van der Waals surface area (Å²) >= 11 is 3.55. The van der Waals surface area contributed by atoms with Gasteiger partial charge in [0.15, 0.2) is 0 Å². The van der Waals surface area contributed by atoms with Gasteiger partial charge in [-0.05, 0) is 23.5 Å². The molecule has 0 radical (unpaired) electrons. The van der Waals surface area contributed by atoms with Crippen molar-refractivity contribution in [3.63, 3.8) is 0 Å². The summed E-state index contributed by atoms with van der Waals surface area (Å²) in [6.07, 6.45) is 1.21. The molecule has 82 valence electrons. The van der Waals surface area contributed by atoms with Crippen LogP contribution in [0.4, 0.5) is 0 Å². The average molecular weight is 268 g/mol. The van der Waals surface area contributed by atoms with Gasteiger partial charge in [0.05, 0.1) is 0 Å². The van der Waals surface area contributed by atoms with E-state index in [1.807, 2.05) is 0 Å². The molecule has 1 nitrogen and oxygen atoms in total. The summed E-state index contributed by atoms with van der Waals surface area (Å²) in [6, 6.07) is 8.83. The molecule has 1 heterocycles. The van der Waals surface area contributed by atoms with Crippen molar-refractivity contribution in [2.24, 2.45) is 5.92 Å². The zero-order valence-electron chi connectivity index (χ0n) is 9.25. The molecule has 2 rings (SSSR count). The lowest BCUT2D eigenvalue weighted by Gasteiger charge is -2.30. The molecule has 0 aromatic heterocycles. The average Bonchev–Trinajstić information content (AvgIpc) is 2.29. The van der Waals surface area contributed by atoms with E-state index in [0.717, 1.165) is 17.8 Å². The zero-order valence-corrected chi connectivity index (χ0v) is 10.8. The van der Waals surface area contributed by atoms with Crippen LogP contribution in [0.2, 0.25) is 0 Å². The Balaban J connectivity index is 1.99. The molecule has 2 heteroatoms. The minimum atomic E-state index is 0.746. The molecule has 1 atom stereocenters. The number of alkyl halides is 1. The van der Waals surface area contributed by atoms with Crippen LogP contribution in [-0.4, -0.2) is 23.3 Å². The third-order valence-corrected chi connectivity index (χ3v) is 4.15. The van der Waals surface area contributed by atoms with Crippen molar-refractivity contribution >= 4 is 15.9 Å². The van der Waals surface area contributed by atoms with Crippen LogP contribution in [0.25, 0.3) is 0 Å². The smallest absolute Gasteiger partial charge is 0.0236 e. The van der Waals surface area contributed by atoms with Crippen LogP contribution >= 0.6 is 15.9 Å². The number of fused-ring (bicyclic) bond motifs is 1. The maximum absolute atomic E-state index is 3.55. The van der Waals surface area contributed by atoms with E-state index < -0.39 is 0 Å². The summed E-state index contributed by atoms with van der Waals surface area (Å²) in [4.78, 5) is 2.56. The number of nitrogens with zero attached hydrogens (tertiary/aromatic N) is 1. The minimum absolute atomic E-state index is 0.746. The summed E-state index contributed by atoms with van der Waals surface area (Å²) in [6.45, 7) is 5.86. The summed E-state index contributed by atoms with van der Waals surface area (Å²) in [7, 11) is 0. The van der Waals surface area contributed by atoms with E-state index in [1.165, 1.54) is 25.1 Å². The molecule has 0 saturated heterocycles. The van der Waals surface area contributed by atoms with Gasteiger partial charge in [-0.2, -0.15) is 0 Å². The first kappa shape index (κ1) is 11.2. The highest BCUT2D eigenvalue weighted by Crippen LogP contribution is 2.19. The molecular weight excluding hydrogens is 250 g/mol. The third-order valence-electron chi connectivity index (χ3n) is 3.04. The van der Waals surface area contributed by atoms with Gasteiger partial charge in [-0.15, -0.1) is 0 Å². The van der Waals surface area contributed by atoms with Gasteiger partial charge >= 0.3 is 0 Å². The number of benzene rings is 1. The van der Waals surface area contributed by atoms with E-state index in [4.69, 9.17) is 0 Å². The topological polar surface area (TPSA) is 3.24 Å². The Morgan fingerprint density at radius 1 is 1.33 bits per heavy atom. The Bertz CT molecular complexity index is 324. The molecule has 15 heavy (non-hydrogen) atoms. The standard InChI is InChI=1S/C13H18BrN/c1-11(8-14)9-15-7-6-12-4-2-3-5-13(12)10-15/h2-5,11H,6-10H2,1H3. The van der Waals surface area contributed by atoms with Crippen LogP contribution in [0.3, 0.4) is 0 Å². The first-order chi connectivity index (χ1) is 7.29. The van der Waals surface area contributed by atoms with Crippen LogP contribution in [0.15, 0.2) is 24.3 Å². The Kier molecular flexibility index (Phi) is 3.81. The van der Waals surface area contributed by atoms with Crippen molar-refractivity contribution in [1.82, 2.24) is 4.90 Å². The van der Waals surface area contributed by atoms with E-state index in [9.17, 15) is 0 Å². The molecular formula is C13H18BrN. The molecule has 0 N–H and O–H groups in total. The van der Waals surface area contributed by atoms with E-state index in [-0.39, 0.29) is 0 Å². The van der Waals surface area contributed by atoms with Crippen molar-refractivity contribution in [1.29, 1.82) is 0 Å². The second-order valence-corrected chi connectivity index (χ2v) is 5.16. The van der Waals surface area contributed by atoms with Crippen LogP contribution in [0, 0.1) is 5.92 Å². The Morgan fingerprint density at radius 3 is 2.80 bits per heavy atom. The lowest BCUT2D eigenvalue weighted by Crippen LogP contribution is -2.34. The molecule has 0 bridgehead atoms. The molecule has 1 aromatic carbocycles. The monoisotopic (exact) mass is 267 g/mol. The van der Waals surface area contributed by atoms with E-state index in [2.05, 4.69) is 52.0 Å². The molecule has 1 unspecified atom stereocenters. The second-order valence-electron chi connectivity index (χ2n) is 4.51. The van der Waals surface area contributed by atoms with Gasteiger partial charge in [-0.1, -0.05) is 47.1 Å². The fourth-order valence-electron chi connectivity index (χ4n) is 2.20. The largest absolute Gasteiger partial charge is 0.298 e. The van der Waals surface area contributed by atoms with Crippen LogP contribution in [0.5, 0.6) is 0 Å². The quantitative estimate of drug-likeness (QED) is 0.761. The Morgan fingerprint density at radius 2 is 2.07 bits per heavy atom. The predicted molar refractivity (Wildman–Crippen MR) is 68.4 cm³/mol. The van der Waals surface area contributed by atoms with Crippen molar-refractivity contribution < 1.29 is 0 Å². The normalized spacial score (nSPS) is 18.5. The molecule has 0 amide bonds. The van der Waals surface area contributed by atoms with E-state index in [0.29, 0.717) is 0 Å². The molecule has 1 aromatic rings. The van der Waals surface area contributed by atoms with Crippen molar-refractivity contribution in [3.8, 4) is 0 Å². The fourth-order valence-corrected chi connectivity index (χ4v) is 2.40. The first-order valence-corrected chi connectivity index (χ1v) is 6.77. The van der Waals surface area contributed by atoms with Gasteiger partial charge in [0.2, 0.25) is 0 Å². The second kappa shape index (κ2) is 5.13. The van der Waals surface area contributed by atoms with E-state index >= 15 is 0 Å². The van der Waals surface area contributed by atoms with Gasteiger partial charge in [-0.3, -0.25) is 4.90 Å². The van der Waals surface area contributed by atoms with E-state index in [1.54, 1.807) is 5.56 Å². The fraction of sp³-hybridized carbons (Fsp3) is 0.538. The Hall–Kier alpha value is -0.340. The number of rotatable bonds is 3. The first-order valence-electron chi connectivity index (χ1n) is 5.64. The highest BCUT2D eigenvalue weighted by molar-refractivity contribution is 9.09. The maximum atomic E-state index is 3.55. The molecule has 0 saturated carbocycles. The predicted octanol–water partition coefficient (Wildman–Crippen LogP) is 3.08. The van der Waals surface area contributed by atoms with Gasteiger partial charge < -0.3 is 0 Å². The van der Waals surface area contributed by atoms with Gasteiger partial charge in [-0.25, -0.2) is 0 Å². The summed E-state index contributed by atoms with van der Waals surface area (Å²) in [5.41, 5.74) is 3.06. The number of hydrogen-bond acceptors (Lipinski definition) is 1. The SMILES string of the molecule is CC(CBr)CN1CCc2ccccc2C1. The van der Waals surface area contributed by atoms with Gasteiger partial charge in [0, 0.05) is 25.0 Å². The van der Waals surface area contributed by atoms with Crippen LogP contribution in [-0.2, 0) is 13.0 Å². The zero-order chi connectivity index (χ0) is 10.7. The molecule has 1 aliphatic rings. The van der Waals surface area contributed by atoms with Crippen LogP contribution in [0.1, 0.15) is 18.1 Å². The van der Waals surface area contributed by atoms with Crippen molar-refractivity contribution in [3.05, 3.63) is 35.4 Å². The van der Waals surface area contributed by atoms with Crippen molar-refractivity contribution in [2.75, 3.05) is 18.4 Å². The number of hydrogen-bond donors (Lipinski definition) is 0. The lowest BCUT2D eigenvalue weighted by atomic mass is 9.99.